The van der Waals surface area contributed by atoms with Crippen LogP contribution in [0, 0.1) is 11.8 Å². The van der Waals surface area contributed by atoms with E-state index in [2.05, 4.69) is 5.10 Å². The maximum atomic E-state index is 12.8. The topological polar surface area (TPSA) is 65.8 Å². The monoisotopic (exact) mass is 350 g/mol. The molecule has 1 aromatic heterocycles. The van der Waals surface area contributed by atoms with Gasteiger partial charge in [-0.15, -0.1) is 0 Å². The minimum Gasteiger partial charge on any atom is -0.327 e. The maximum absolute atomic E-state index is 12.8. The minimum absolute atomic E-state index is 0.100. The second-order valence-corrected chi connectivity index (χ2v) is 7.79. The summed E-state index contributed by atoms with van der Waals surface area (Å²) in [6, 6.07) is 0.228. The summed E-state index contributed by atoms with van der Waals surface area (Å²) >= 11 is 0. The normalized spacial score (nSPS) is 28.7. The Bertz CT molecular complexity index is 636. The predicted molar refractivity (Wildman–Crippen MR) is 96.9 cm³/mol. The molecular formula is C19H31FN4O. The molecule has 0 saturated heterocycles. The van der Waals surface area contributed by atoms with Crippen molar-refractivity contribution in [3.8, 4) is 0 Å². The first-order valence-electron chi connectivity index (χ1n) is 9.85. The Kier molecular flexibility index (Phi) is 6.45. The molecule has 6 heteroatoms. The third kappa shape index (κ3) is 4.81. The third-order valence-electron chi connectivity index (χ3n) is 5.93. The largest absolute Gasteiger partial charge is 0.346 e. The van der Waals surface area contributed by atoms with Gasteiger partial charge in [0.15, 0.2) is 0 Å². The lowest BCUT2D eigenvalue weighted by Gasteiger charge is -2.18. The van der Waals surface area contributed by atoms with E-state index in [4.69, 9.17) is 5.73 Å². The second-order valence-electron chi connectivity index (χ2n) is 7.79. The highest BCUT2D eigenvalue weighted by molar-refractivity contribution is 4.99. The zero-order valence-electron chi connectivity index (χ0n) is 15.1. The summed E-state index contributed by atoms with van der Waals surface area (Å²) in [7, 11) is 0. The van der Waals surface area contributed by atoms with Crippen LogP contribution in [-0.2, 0) is 6.54 Å². The summed E-state index contributed by atoms with van der Waals surface area (Å²) in [5, 5.41) is 4.20. The number of nitrogens with zero attached hydrogens (tertiary/aromatic N) is 3. The van der Waals surface area contributed by atoms with Gasteiger partial charge in [-0.05, 0) is 36.7 Å². The number of nitrogens with two attached hydrogens (primary N) is 1. The van der Waals surface area contributed by atoms with E-state index in [1.807, 2.05) is 0 Å². The summed E-state index contributed by atoms with van der Waals surface area (Å²) in [5.41, 5.74) is 5.74. The Morgan fingerprint density at radius 2 is 1.88 bits per heavy atom. The highest BCUT2D eigenvalue weighted by Gasteiger charge is 2.38. The molecule has 140 valence electrons. The Morgan fingerprint density at radius 1 is 1.16 bits per heavy atom. The quantitative estimate of drug-likeness (QED) is 0.903. The van der Waals surface area contributed by atoms with Gasteiger partial charge in [0.25, 0.3) is 0 Å². The molecule has 3 unspecified atom stereocenters. The van der Waals surface area contributed by atoms with Crippen LogP contribution < -0.4 is 11.4 Å². The first-order chi connectivity index (χ1) is 12.2. The number of hydrogen-bond donors (Lipinski definition) is 1. The van der Waals surface area contributed by atoms with Crippen LogP contribution in [0.15, 0.2) is 23.0 Å². The SMILES string of the molecule is NC/C(=C\F)Cn1ncn(C2CCCCCCCCC3CC3C2)c1=O. The molecule has 0 bridgehead atoms. The second kappa shape index (κ2) is 8.79. The molecule has 2 saturated carbocycles. The first-order valence-corrected chi connectivity index (χ1v) is 9.85. The van der Waals surface area contributed by atoms with Crippen LogP contribution in [0.5, 0.6) is 0 Å². The molecule has 5 nitrogen and oxygen atoms in total. The van der Waals surface area contributed by atoms with E-state index < -0.39 is 0 Å². The highest BCUT2D eigenvalue weighted by Crippen LogP contribution is 2.48. The van der Waals surface area contributed by atoms with Crippen molar-refractivity contribution in [1.82, 2.24) is 14.3 Å². The Balaban J connectivity index is 1.71. The minimum atomic E-state index is -0.137. The smallest absolute Gasteiger partial charge is 0.327 e. The van der Waals surface area contributed by atoms with Crippen molar-refractivity contribution in [1.29, 1.82) is 0 Å². The van der Waals surface area contributed by atoms with Crippen molar-refractivity contribution < 1.29 is 4.39 Å². The zero-order valence-corrected chi connectivity index (χ0v) is 15.1. The van der Waals surface area contributed by atoms with E-state index in [0.29, 0.717) is 11.9 Å². The Hall–Kier alpha value is -1.43. The molecule has 3 atom stereocenters. The predicted octanol–water partition coefficient (Wildman–Crippen LogP) is 3.56. The van der Waals surface area contributed by atoms with Crippen LogP contribution in [-0.4, -0.2) is 20.9 Å². The van der Waals surface area contributed by atoms with E-state index >= 15 is 0 Å². The average Bonchev–Trinajstić information content (AvgIpc) is 3.25. The van der Waals surface area contributed by atoms with Crippen molar-refractivity contribution >= 4 is 0 Å². The molecule has 0 aromatic carbocycles. The van der Waals surface area contributed by atoms with E-state index in [1.165, 1.54) is 49.6 Å². The van der Waals surface area contributed by atoms with Gasteiger partial charge in [-0.2, -0.15) is 5.10 Å². The van der Waals surface area contributed by atoms with Crippen molar-refractivity contribution in [2.75, 3.05) is 6.54 Å². The van der Waals surface area contributed by atoms with Gasteiger partial charge in [0.05, 0.1) is 12.9 Å². The number of hydrogen-bond acceptors (Lipinski definition) is 3. The van der Waals surface area contributed by atoms with Gasteiger partial charge >= 0.3 is 5.69 Å². The van der Waals surface area contributed by atoms with Crippen LogP contribution in [0.4, 0.5) is 4.39 Å². The zero-order chi connectivity index (χ0) is 17.6. The van der Waals surface area contributed by atoms with Gasteiger partial charge in [-0.3, -0.25) is 4.57 Å². The molecule has 0 aliphatic heterocycles. The summed E-state index contributed by atoms with van der Waals surface area (Å²) < 4.78 is 15.9. The third-order valence-corrected chi connectivity index (χ3v) is 5.93. The lowest BCUT2D eigenvalue weighted by atomic mass is 9.98. The maximum Gasteiger partial charge on any atom is 0.346 e. The molecule has 0 radical (unpaired) electrons. The fourth-order valence-electron chi connectivity index (χ4n) is 4.21. The molecule has 0 spiro atoms. The number of aromatic nitrogens is 3. The Morgan fingerprint density at radius 3 is 2.60 bits per heavy atom. The Labute approximate surface area is 149 Å². The lowest BCUT2D eigenvalue weighted by molar-refractivity contribution is 0.366. The molecule has 2 aliphatic carbocycles. The highest BCUT2D eigenvalue weighted by atomic mass is 19.1. The summed E-state index contributed by atoms with van der Waals surface area (Å²) in [6.45, 7) is 0.237. The molecule has 3 rings (SSSR count). The van der Waals surface area contributed by atoms with Crippen LogP contribution >= 0.6 is 0 Å². The van der Waals surface area contributed by atoms with Crippen LogP contribution in [0.3, 0.4) is 0 Å². The van der Waals surface area contributed by atoms with Crippen LogP contribution in [0.25, 0.3) is 0 Å². The van der Waals surface area contributed by atoms with Crippen molar-refractivity contribution in [2.45, 2.75) is 76.8 Å². The van der Waals surface area contributed by atoms with Crippen LogP contribution in [0.1, 0.15) is 70.3 Å². The standard InChI is InChI=1S/C19H31FN4O/c20-11-15(12-21)13-24-19(25)23(14-22-24)18-8-6-4-2-1-3-5-7-16-9-17(16)10-18/h11,14,16-18H,1-10,12-13,21H2/b15-11+. The van der Waals surface area contributed by atoms with Crippen LogP contribution in [0.2, 0.25) is 0 Å². The molecule has 25 heavy (non-hydrogen) atoms. The van der Waals surface area contributed by atoms with Gasteiger partial charge in [0.1, 0.15) is 6.33 Å². The molecule has 2 aliphatic rings. The number of halogens is 1. The molecular weight excluding hydrogens is 319 g/mol. The van der Waals surface area contributed by atoms with Gasteiger partial charge in [-0.25, -0.2) is 13.9 Å². The summed E-state index contributed by atoms with van der Waals surface area (Å²) in [4.78, 5) is 12.7. The molecule has 1 heterocycles. The van der Waals surface area contributed by atoms with Crippen molar-refractivity contribution in [2.24, 2.45) is 17.6 Å². The van der Waals surface area contributed by atoms with Crippen molar-refractivity contribution in [3.63, 3.8) is 0 Å². The van der Waals surface area contributed by atoms with Gasteiger partial charge in [0.2, 0.25) is 0 Å². The van der Waals surface area contributed by atoms with E-state index in [-0.39, 0.29) is 24.8 Å². The fourth-order valence-corrected chi connectivity index (χ4v) is 4.21. The average molecular weight is 350 g/mol. The molecule has 0 amide bonds. The summed E-state index contributed by atoms with van der Waals surface area (Å²) in [6.07, 6.45) is 14.7. The lowest BCUT2D eigenvalue weighted by Crippen LogP contribution is -2.29. The number of rotatable bonds is 4. The van der Waals surface area contributed by atoms with Gasteiger partial charge in [-0.1, -0.05) is 44.9 Å². The van der Waals surface area contributed by atoms with E-state index in [1.54, 1.807) is 10.9 Å². The summed E-state index contributed by atoms with van der Waals surface area (Å²) in [5.74, 6) is 1.64. The first kappa shape index (κ1) is 18.4. The molecule has 2 N–H and O–H groups in total. The van der Waals surface area contributed by atoms with E-state index in [9.17, 15) is 9.18 Å². The van der Waals surface area contributed by atoms with Crippen molar-refractivity contribution in [3.05, 3.63) is 28.7 Å². The number of fused-ring (bicyclic) bond motifs is 1. The van der Waals surface area contributed by atoms with E-state index in [0.717, 1.165) is 31.1 Å². The van der Waals surface area contributed by atoms with Gasteiger partial charge < -0.3 is 5.73 Å². The van der Waals surface area contributed by atoms with Gasteiger partial charge in [0, 0.05) is 12.6 Å². The molecule has 1 aromatic rings. The molecule has 2 fully saturated rings. The fraction of sp³-hybridized carbons (Fsp3) is 0.789.